The lowest BCUT2D eigenvalue weighted by Gasteiger charge is -2.16. The van der Waals surface area contributed by atoms with Gasteiger partial charge in [0, 0.05) is 33.5 Å². The molecule has 0 bridgehead atoms. The molecule has 3 N–H and O–H groups in total. The van der Waals surface area contributed by atoms with Gasteiger partial charge in [0.2, 0.25) is 0 Å². The van der Waals surface area contributed by atoms with Crippen molar-refractivity contribution in [2.24, 2.45) is 0 Å². The zero-order chi connectivity index (χ0) is 20.0. The maximum absolute atomic E-state index is 12.2. The molecule has 2 aromatic heterocycles. The molecule has 1 saturated heterocycles. The smallest absolute Gasteiger partial charge is 0.320 e. The molecule has 0 aliphatic carbocycles. The standard InChI is InChI=1S/C19H32N6O2Si/c1-28(2,3)11-10-27-14-25-9-7-16-18(25)21-13-17(23-16)24-19(26)22-15-6-4-5-8-20-12-15/h7,9,13,15,20H,4-6,8,10-12,14H2,1-3H3,(H2,22,23,24,26). The fourth-order valence-electron chi connectivity index (χ4n) is 3.15. The zero-order valence-electron chi connectivity index (χ0n) is 17.1. The van der Waals surface area contributed by atoms with Gasteiger partial charge in [-0.25, -0.2) is 14.8 Å². The van der Waals surface area contributed by atoms with Gasteiger partial charge in [-0.05, 0) is 31.5 Å². The van der Waals surface area contributed by atoms with Crippen LogP contribution in [0.5, 0.6) is 0 Å². The summed E-state index contributed by atoms with van der Waals surface area (Å²) < 4.78 is 7.73. The summed E-state index contributed by atoms with van der Waals surface area (Å²) in [6.07, 6.45) is 6.77. The van der Waals surface area contributed by atoms with E-state index in [1.54, 1.807) is 6.20 Å². The lowest BCUT2D eigenvalue weighted by Crippen LogP contribution is -2.43. The molecule has 0 spiro atoms. The van der Waals surface area contributed by atoms with Gasteiger partial charge < -0.3 is 19.9 Å². The monoisotopic (exact) mass is 404 g/mol. The molecule has 8 nitrogen and oxygen atoms in total. The molecule has 9 heteroatoms. The van der Waals surface area contributed by atoms with Crippen molar-refractivity contribution in [3.8, 4) is 0 Å². The Hall–Kier alpha value is -1.97. The molecule has 2 amide bonds. The molecule has 1 atom stereocenters. The SMILES string of the molecule is C[Si](C)(C)CCOCn1ccc2nc(NC(=O)NC3CCCCNC3)cnc21. The Labute approximate surface area is 167 Å². The number of amides is 2. The summed E-state index contributed by atoms with van der Waals surface area (Å²) in [6, 6.07) is 2.94. The number of nitrogens with one attached hydrogen (secondary N) is 3. The number of rotatable bonds is 7. The number of hydrogen-bond donors (Lipinski definition) is 3. The Kier molecular flexibility index (Phi) is 7.03. The maximum atomic E-state index is 12.2. The first kappa shape index (κ1) is 20.8. The highest BCUT2D eigenvalue weighted by atomic mass is 28.3. The van der Waals surface area contributed by atoms with Crippen LogP contribution in [0.4, 0.5) is 10.6 Å². The highest BCUT2D eigenvalue weighted by molar-refractivity contribution is 6.76. The molecule has 1 aliphatic rings. The first-order valence-electron chi connectivity index (χ1n) is 10.1. The number of carbonyl (C=O) groups excluding carboxylic acids is 1. The van der Waals surface area contributed by atoms with Crippen molar-refractivity contribution in [2.45, 2.75) is 57.7 Å². The minimum absolute atomic E-state index is 0.147. The predicted octanol–water partition coefficient (Wildman–Crippen LogP) is 3.01. The lowest BCUT2D eigenvalue weighted by atomic mass is 10.1. The minimum atomic E-state index is -1.09. The maximum Gasteiger partial charge on any atom is 0.320 e. The van der Waals surface area contributed by atoms with E-state index in [1.165, 1.54) is 0 Å². The van der Waals surface area contributed by atoms with Crippen molar-refractivity contribution in [1.82, 2.24) is 25.2 Å². The van der Waals surface area contributed by atoms with Crippen LogP contribution < -0.4 is 16.0 Å². The van der Waals surface area contributed by atoms with Crippen molar-refractivity contribution in [2.75, 3.05) is 25.0 Å². The molecule has 2 aromatic rings. The fraction of sp³-hybridized carbons (Fsp3) is 0.632. The van der Waals surface area contributed by atoms with Crippen LogP contribution in [-0.4, -0.2) is 54.4 Å². The normalized spacial score (nSPS) is 18.0. The third kappa shape index (κ3) is 6.28. The van der Waals surface area contributed by atoms with Crippen molar-refractivity contribution in [3.05, 3.63) is 18.5 Å². The molecule has 1 fully saturated rings. The molecule has 0 aromatic carbocycles. The van der Waals surface area contributed by atoms with E-state index >= 15 is 0 Å². The Morgan fingerprint density at radius 3 is 3.07 bits per heavy atom. The van der Waals surface area contributed by atoms with Crippen LogP contribution >= 0.6 is 0 Å². The quantitative estimate of drug-likeness (QED) is 0.487. The van der Waals surface area contributed by atoms with Crippen LogP contribution in [0.1, 0.15) is 19.3 Å². The van der Waals surface area contributed by atoms with Crippen molar-refractivity contribution in [1.29, 1.82) is 0 Å². The van der Waals surface area contributed by atoms with Crippen LogP contribution in [0, 0.1) is 0 Å². The number of carbonyl (C=O) groups is 1. The molecular weight excluding hydrogens is 372 g/mol. The third-order valence-corrected chi connectivity index (χ3v) is 6.52. The molecule has 1 aliphatic heterocycles. The molecule has 0 saturated carbocycles. The van der Waals surface area contributed by atoms with Crippen LogP contribution in [-0.2, 0) is 11.5 Å². The van der Waals surface area contributed by atoms with Crippen LogP contribution in [0.3, 0.4) is 0 Å². The fourth-order valence-corrected chi connectivity index (χ4v) is 3.90. The number of hydrogen-bond acceptors (Lipinski definition) is 5. The first-order valence-corrected chi connectivity index (χ1v) is 13.8. The van der Waals surface area contributed by atoms with E-state index in [-0.39, 0.29) is 12.1 Å². The Morgan fingerprint density at radius 1 is 1.39 bits per heavy atom. The second-order valence-corrected chi connectivity index (χ2v) is 14.2. The van der Waals surface area contributed by atoms with Gasteiger partial charge in [0.15, 0.2) is 11.5 Å². The summed E-state index contributed by atoms with van der Waals surface area (Å²) in [5.41, 5.74) is 1.50. The summed E-state index contributed by atoms with van der Waals surface area (Å²) >= 11 is 0. The summed E-state index contributed by atoms with van der Waals surface area (Å²) in [4.78, 5) is 21.2. The number of fused-ring (bicyclic) bond motifs is 1. The number of nitrogens with zero attached hydrogens (tertiary/aromatic N) is 3. The summed E-state index contributed by atoms with van der Waals surface area (Å²) in [7, 11) is -1.09. The van der Waals surface area contributed by atoms with Gasteiger partial charge in [-0.1, -0.05) is 26.1 Å². The van der Waals surface area contributed by atoms with Gasteiger partial charge in [0.05, 0.1) is 6.20 Å². The van der Waals surface area contributed by atoms with Gasteiger partial charge in [-0.15, -0.1) is 0 Å². The van der Waals surface area contributed by atoms with Crippen molar-refractivity contribution < 1.29 is 9.53 Å². The Morgan fingerprint density at radius 2 is 2.25 bits per heavy atom. The average Bonchev–Trinajstić information content (AvgIpc) is 2.84. The molecule has 0 radical (unpaired) electrons. The molecule has 28 heavy (non-hydrogen) atoms. The van der Waals surface area contributed by atoms with Gasteiger partial charge in [0.1, 0.15) is 12.2 Å². The number of aromatic nitrogens is 3. The van der Waals surface area contributed by atoms with Gasteiger partial charge in [-0.3, -0.25) is 5.32 Å². The molecule has 3 rings (SSSR count). The number of ether oxygens (including phenoxy) is 1. The number of urea groups is 1. The highest BCUT2D eigenvalue weighted by Gasteiger charge is 2.15. The van der Waals surface area contributed by atoms with E-state index in [9.17, 15) is 4.79 Å². The molecule has 1 unspecified atom stereocenters. The van der Waals surface area contributed by atoms with E-state index in [0.29, 0.717) is 12.5 Å². The van der Waals surface area contributed by atoms with E-state index in [4.69, 9.17) is 4.74 Å². The Balaban J connectivity index is 1.53. The van der Waals surface area contributed by atoms with E-state index in [0.717, 1.165) is 56.2 Å². The van der Waals surface area contributed by atoms with E-state index in [2.05, 4.69) is 45.6 Å². The lowest BCUT2D eigenvalue weighted by molar-refractivity contribution is 0.0899. The molecular formula is C19H32N6O2Si. The van der Waals surface area contributed by atoms with Gasteiger partial charge in [-0.2, -0.15) is 0 Å². The van der Waals surface area contributed by atoms with E-state index in [1.807, 2.05) is 16.8 Å². The number of anilines is 1. The average molecular weight is 405 g/mol. The summed E-state index contributed by atoms with van der Waals surface area (Å²) in [5, 5.41) is 9.14. The van der Waals surface area contributed by atoms with Crippen LogP contribution in [0.25, 0.3) is 11.2 Å². The summed E-state index contributed by atoms with van der Waals surface area (Å²) in [6.45, 7) is 10.1. The second kappa shape index (κ2) is 9.49. The Bertz CT molecular complexity index is 780. The molecule has 3 heterocycles. The van der Waals surface area contributed by atoms with Crippen molar-refractivity contribution >= 4 is 31.1 Å². The van der Waals surface area contributed by atoms with Crippen molar-refractivity contribution in [3.63, 3.8) is 0 Å². The predicted molar refractivity (Wildman–Crippen MR) is 114 cm³/mol. The van der Waals surface area contributed by atoms with Crippen LogP contribution in [0.15, 0.2) is 18.5 Å². The van der Waals surface area contributed by atoms with E-state index < -0.39 is 8.07 Å². The summed E-state index contributed by atoms with van der Waals surface area (Å²) in [5.74, 6) is 0.448. The van der Waals surface area contributed by atoms with Gasteiger partial charge >= 0.3 is 6.03 Å². The topological polar surface area (TPSA) is 93.1 Å². The first-order chi connectivity index (χ1) is 13.4. The molecule has 154 valence electrons. The second-order valence-electron chi connectivity index (χ2n) is 8.59. The largest absolute Gasteiger partial charge is 0.361 e. The third-order valence-electron chi connectivity index (χ3n) is 4.81. The van der Waals surface area contributed by atoms with Crippen LogP contribution in [0.2, 0.25) is 25.7 Å². The highest BCUT2D eigenvalue weighted by Crippen LogP contribution is 2.15. The van der Waals surface area contributed by atoms with Gasteiger partial charge in [0.25, 0.3) is 0 Å². The minimum Gasteiger partial charge on any atom is -0.361 e. The zero-order valence-corrected chi connectivity index (χ0v) is 18.1.